The van der Waals surface area contributed by atoms with E-state index in [1.165, 1.54) is 13.0 Å². The van der Waals surface area contributed by atoms with Crippen molar-refractivity contribution in [2.75, 3.05) is 32.8 Å². The monoisotopic (exact) mass is 156 g/mol. The fraction of sp³-hybridized carbons (Fsp3) is 1.00. The lowest BCUT2D eigenvalue weighted by molar-refractivity contribution is 0.115. The van der Waals surface area contributed by atoms with Crippen molar-refractivity contribution >= 4 is 0 Å². The number of hydrogen-bond acceptors (Lipinski definition) is 3. The minimum Gasteiger partial charge on any atom is -0.381 e. The molecule has 2 fully saturated rings. The first kappa shape index (κ1) is 7.53. The molecule has 0 aromatic heterocycles. The van der Waals surface area contributed by atoms with Crippen molar-refractivity contribution in [3.63, 3.8) is 0 Å². The molecule has 0 aromatic rings. The topological polar surface area (TPSA) is 38.5 Å². The van der Waals surface area contributed by atoms with Crippen molar-refractivity contribution in [1.82, 2.24) is 4.90 Å². The lowest BCUT2D eigenvalue weighted by atomic mass is 10.0. The Bertz CT molecular complexity index is 128. The van der Waals surface area contributed by atoms with Gasteiger partial charge in [0.05, 0.1) is 6.61 Å². The van der Waals surface area contributed by atoms with E-state index < -0.39 is 0 Å². The molecular weight excluding hydrogens is 140 g/mol. The fourth-order valence-electron chi connectivity index (χ4n) is 1.85. The van der Waals surface area contributed by atoms with Crippen molar-refractivity contribution < 1.29 is 4.74 Å². The maximum Gasteiger partial charge on any atom is 0.0507 e. The third kappa shape index (κ3) is 1.72. The number of nitrogens with two attached hydrogens (primary N) is 1. The van der Waals surface area contributed by atoms with Crippen LogP contribution in [0.15, 0.2) is 0 Å². The molecule has 2 heterocycles. The van der Waals surface area contributed by atoms with Gasteiger partial charge in [-0.15, -0.1) is 0 Å². The highest BCUT2D eigenvalue weighted by Gasteiger charge is 2.26. The van der Waals surface area contributed by atoms with E-state index in [-0.39, 0.29) is 0 Å². The van der Waals surface area contributed by atoms with Gasteiger partial charge in [0.2, 0.25) is 0 Å². The molecule has 2 N–H and O–H groups in total. The molecule has 1 atom stereocenters. The predicted octanol–water partition coefficient (Wildman–Crippen LogP) is -0.334. The highest BCUT2D eigenvalue weighted by Crippen LogP contribution is 2.16. The van der Waals surface area contributed by atoms with E-state index in [9.17, 15) is 0 Å². The van der Waals surface area contributed by atoms with Gasteiger partial charge in [0.15, 0.2) is 0 Å². The second-order valence-corrected chi connectivity index (χ2v) is 3.71. The standard InChI is InChI=1S/C8H16N2O/c9-8-4-10(5-8)3-7-1-2-11-6-7/h7-8H,1-6,9H2. The second-order valence-electron chi connectivity index (χ2n) is 3.71. The van der Waals surface area contributed by atoms with E-state index in [0.29, 0.717) is 6.04 Å². The molecule has 11 heavy (non-hydrogen) atoms. The van der Waals surface area contributed by atoms with E-state index in [0.717, 1.165) is 32.2 Å². The van der Waals surface area contributed by atoms with Crippen LogP contribution in [0.25, 0.3) is 0 Å². The predicted molar refractivity (Wildman–Crippen MR) is 43.3 cm³/mol. The molecular formula is C8H16N2O. The summed E-state index contributed by atoms with van der Waals surface area (Å²) in [4.78, 5) is 2.42. The van der Waals surface area contributed by atoms with Gasteiger partial charge in [-0.25, -0.2) is 0 Å². The van der Waals surface area contributed by atoms with Gasteiger partial charge in [0, 0.05) is 32.3 Å². The van der Waals surface area contributed by atoms with Gasteiger partial charge in [0.1, 0.15) is 0 Å². The third-order valence-electron chi connectivity index (χ3n) is 2.53. The quantitative estimate of drug-likeness (QED) is 0.595. The molecule has 0 aromatic carbocycles. The summed E-state index contributed by atoms with van der Waals surface area (Å²) in [5.41, 5.74) is 5.67. The van der Waals surface area contributed by atoms with Gasteiger partial charge in [-0.2, -0.15) is 0 Å². The van der Waals surface area contributed by atoms with Crippen LogP contribution in [0.3, 0.4) is 0 Å². The summed E-state index contributed by atoms with van der Waals surface area (Å²) in [5.74, 6) is 0.780. The zero-order valence-electron chi connectivity index (χ0n) is 6.83. The van der Waals surface area contributed by atoms with Gasteiger partial charge < -0.3 is 10.5 Å². The van der Waals surface area contributed by atoms with Gasteiger partial charge in [-0.05, 0) is 12.3 Å². The summed E-state index contributed by atoms with van der Waals surface area (Å²) in [6.45, 7) is 5.32. The van der Waals surface area contributed by atoms with E-state index in [4.69, 9.17) is 10.5 Å². The molecule has 1 unspecified atom stereocenters. The van der Waals surface area contributed by atoms with Crippen LogP contribution in [0.4, 0.5) is 0 Å². The van der Waals surface area contributed by atoms with E-state index in [1.807, 2.05) is 0 Å². The van der Waals surface area contributed by atoms with Crippen LogP contribution in [0, 0.1) is 5.92 Å². The van der Waals surface area contributed by atoms with Crippen molar-refractivity contribution in [3.8, 4) is 0 Å². The summed E-state index contributed by atoms with van der Waals surface area (Å²) < 4.78 is 5.30. The Morgan fingerprint density at radius 2 is 2.27 bits per heavy atom. The molecule has 0 bridgehead atoms. The first-order valence-electron chi connectivity index (χ1n) is 4.40. The fourth-order valence-corrected chi connectivity index (χ4v) is 1.85. The highest BCUT2D eigenvalue weighted by atomic mass is 16.5. The molecule has 0 spiro atoms. The molecule has 2 rings (SSSR count). The first-order chi connectivity index (χ1) is 5.34. The molecule has 3 nitrogen and oxygen atoms in total. The number of rotatable bonds is 2. The Kier molecular flexibility index (Phi) is 2.11. The highest BCUT2D eigenvalue weighted by molar-refractivity contribution is 4.84. The molecule has 0 radical (unpaired) electrons. The van der Waals surface area contributed by atoms with Crippen molar-refractivity contribution in [2.24, 2.45) is 11.7 Å². The van der Waals surface area contributed by atoms with Crippen molar-refractivity contribution in [2.45, 2.75) is 12.5 Å². The van der Waals surface area contributed by atoms with Crippen LogP contribution >= 0.6 is 0 Å². The summed E-state index contributed by atoms with van der Waals surface area (Å²) >= 11 is 0. The summed E-state index contributed by atoms with van der Waals surface area (Å²) in [6, 6.07) is 0.442. The Morgan fingerprint density at radius 1 is 1.45 bits per heavy atom. The summed E-state index contributed by atoms with van der Waals surface area (Å²) in [5, 5.41) is 0. The van der Waals surface area contributed by atoms with Crippen molar-refractivity contribution in [1.29, 1.82) is 0 Å². The zero-order valence-corrected chi connectivity index (χ0v) is 6.83. The third-order valence-corrected chi connectivity index (χ3v) is 2.53. The van der Waals surface area contributed by atoms with Crippen LogP contribution in [-0.4, -0.2) is 43.8 Å². The van der Waals surface area contributed by atoms with Crippen LogP contribution in [-0.2, 0) is 4.74 Å². The number of likely N-dealkylation sites (tertiary alicyclic amines) is 1. The maximum absolute atomic E-state index is 5.67. The maximum atomic E-state index is 5.67. The second kappa shape index (κ2) is 3.09. The average Bonchev–Trinajstić information content (AvgIpc) is 2.36. The van der Waals surface area contributed by atoms with Gasteiger partial charge >= 0.3 is 0 Å². The van der Waals surface area contributed by atoms with Crippen LogP contribution in [0.1, 0.15) is 6.42 Å². The minimum absolute atomic E-state index is 0.442. The number of nitrogens with zero attached hydrogens (tertiary/aromatic N) is 1. The summed E-state index contributed by atoms with van der Waals surface area (Å²) in [7, 11) is 0. The molecule has 3 heteroatoms. The molecule has 0 saturated carbocycles. The lowest BCUT2D eigenvalue weighted by Gasteiger charge is -2.38. The Labute approximate surface area is 67.5 Å². The van der Waals surface area contributed by atoms with Gasteiger partial charge in [0.25, 0.3) is 0 Å². The molecule has 2 aliphatic rings. The number of hydrogen-bond donors (Lipinski definition) is 1. The lowest BCUT2D eigenvalue weighted by Crippen LogP contribution is -2.56. The number of ether oxygens (including phenoxy) is 1. The average molecular weight is 156 g/mol. The largest absolute Gasteiger partial charge is 0.381 e. The van der Waals surface area contributed by atoms with E-state index in [2.05, 4.69) is 4.90 Å². The Hall–Kier alpha value is -0.120. The normalized spacial score (nSPS) is 34.1. The Morgan fingerprint density at radius 3 is 2.82 bits per heavy atom. The van der Waals surface area contributed by atoms with E-state index >= 15 is 0 Å². The molecule has 0 amide bonds. The zero-order chi connectivity index (χ0) is 7.68. The first-order valence-corrected chi connectivity index (χ1v) is 4.40. The van der Waals surface area contributed by atoms with Crippen LogP contribution in [0.2, 0.25) is 0 Å². The smallest absolute Gasteiger partial charge is 0.0507 e. The Balaban J connectivity index is 1.66. The molecule has 2 aliphatic heterocycles. The summed E-state index contributed by atoms with van der Waals surface area (Å²) in [6.07, 6.45) is 1.24. The van der Waals surface area contributed by atoms with Gasteiger partial charge in [-0.3, -0.25) is 4.90 Å². The van der Waals surface area contributed by atoms with Crippen molar-refractivity contribution in [3.05, 3.63) is 0 Å². The minimum atomic E-state index is 0.442. The SMILES string of the molecule is NC1CN(CC2CCOC2)C1. The molecule has 64 valence electrons. The van der Waals surface area contributed by atoms with E-state index in [1.54, 1.807) is 0 Å². The molecule has 0 aliphatic carbocycles. The van der Waals surface area contributed by atoms with Gasteiger partial charge in [-0.1, -0.05) is 0 Å². The van der Waals surface area contributed by atoms with Crippen LogP contribution < -0.4 is 5.73 Å². The molecule has 2 saturated heterocycles. The van der Waals surface area contributed by atoms with Crippen LogP contribution in [0.5, 0.6) is 0 Å².